The van der Waals surface area contributed by atoms with Gasteiger partial charge in [-0.15, -0.1) is 0 Å². The number of hydrogen-bond donors (Lipinski definition) is 2. The molecule has 7 nitrogen and oxygen atoms in total. The van der Waals surface area contributed by atoms with E-state index in [1.165, 1.54) is 11.3 Å². The summed E-state index contributed by atoms with van der Waals surface area (Å²) in [5, 5.41) is 7.66. The summed E-state index contributed by atoms with van der Waals surface area (Å²) in [5.74, 6) is 1.76. The maximum absolute atomic E-state index is 6.25. The molecular formula is C20H25N7. The normalized spacial score (nSPS) is 19.3. The van der Waals surface area contributed by atoms with Gasteiger partial charge < -0.3 is 15.5 Å². The molecule has 1 saturated heterocycles. The molecule has 0 spiro atoms. The molecule has 7 heteroatoms. The van der Waals surface area contributed by atoms with Crippen molar-refractivity contribution in [3.05, 3.63) is 36.0 Å². The zero-order valence-corrected chi connectivity index (χ0v) is 15.6. The molecule has 2 aromatic heterocycles. The van der Waals surface area contributed by atoms with Crippen LogP contribution in [0.25, 0.3) is 11.2 Å². The molecule has 0 saturated carbocycles. The van der Waals surface area contributed by atoms with Gasteiger partial charge in [-0.25, -0.2) is 9.97 Å². The Bertz CT molecular complexity index is 967. The van der Waals surface area contributed by atoms with E-state index in [1.54, 1.807) is 0 Å². The summed E-state index contributed by atoms with van der Waals surface area (Å²) in [7, 11) is 0. The summed E-state index contributed by atoms with van der Waals surface area (Å²) in [6, 6.07) is 8.54. The Morgan fingerprint density at radius 1 is 1.15 bits per heavy atom. The number of rotatable bonds is 2. The van der Waals surface area contributed by atoms with Crippen molar-refractivity contribution < 1.29 is 0 Å². The SMILES string of the molecule is CC1(N)CCN(c2cnc3c(N4CCCc5ccccc54)n[nH]c3n2)CC1. The lowest BCUT2D eigenvalue weighted by Crippen LogP contribution is -2.48. The summed E-state index contributed by atoms with van der Waals surface area (Å²) in [6.07, 6.45) is 6.02. The van der Waals surface area contributed by atoms with E-state index in [4.69, 9.17) is 15.7 Å². The van der Waals surface area contributed by atoms with E-state index in [2.05, 4.69) is 51.2 Å². The third kappa shape index (κ3) is 2.92. The second-order valence-corrected chi connectivity index (χ2v) is 8.00. The van der Waals surface area contributed by atoms with Crippen molar-refractivity contribution in [2.24, 2.45) is 5.73 Å². The number of anilines is 3. The average molecular weight is 363 g/mol. The Morgan fingerprint density at radius 3 is 2.81 bits per heavy atom. The van der Waals surface area contributed by atoms with Gasteiger partial charge in [0.2, 0.25) is 0 Å². The Labute approximate surface area is 158 Å². The van der Waals surface area contributed by atoms with Crippen LogP contribution in [0.2, 0.25) is 0 Å². The van der Waals surface area contributed by atoms with Crippen LogP contribution >= 0.6 is 0 Å². The molecule has 0 bridgehead atoms. The van der Waals surface area contributed by atoms with E-state index in [9.17, 15) is 0 Å². The standard InChI is InChI=1S/C20H25N7/c1-20(21)8-11-26(12-9-20)16-13-22-17-18(23-16)24-25-19(17)27-10-4-6-14-5-2-3-7-15(14)27/h2-3,5,7,13H,4,6,8-12,21H2,1H3,(H,23,24,25). The fourth-order valence-corrected chi connectivity index (χ4v) is 4.12. The smallest absolute Gasteiger partial charge is 0.183 e. The van der Waals surface area contributed by atoms with Crippen LogP contribution in [0.3, 0.4) is 0 Å². The molecule has 2 aliphatic rings. The number of hydrogen-bond acceptors (Lipinski definition) is 6. The predicted molar refractivity (Wildman–Crippen MR) is 107 cm³/mol. The highest BCUT2D eigenvalue weighted by molar-refractivity contribution is 5.87. The number of aromatic amines is 1. The Balaban J connectivity index is 1.47. The minimum atomic E-state index is -0.0726. The molecule has 1 fully saturated rings. The van der Waals surface area contributed by atoms with Gasteiger partial charge in [-0.3, -0.25) is 5.10 Å². The van der Waals surface area contributed by atoms with Crippen LogP contribution < -0.4 is 15.5 Å². The number of H-pyrrole nitrogens is 1. The van der Waals surface area contributed by atoms with E-state index in [-0.39, 0.29) is 5.54 Å². The summed E-state index contributed by atoms with van der Waals surface area (Å²) in [5.41, 5.74) is 10.3. The molecule has 140 valence electrons. The van der Waals surface area contributed by atoms with Crippen LogP contribution in [0.5, 0.6) is 0 Å². The fraction of sp³-hybridized carbons (Fsp3) is 0.450. The molecule has 4 heterocycles. The van der Waals surface area contributed by atoms with E-state index in [1.807, 2.05) is 6.20 Å². The van der Waals surface area contributed by atoms with Crippen LogP contribution in [0.4, 0.5) is 17.3 Å². The third-order valence-electron chi connectivity index (χ3n) is 5.83. The highest BCUT2D eigenvalue weighted by atomic mass is 15.3. The van der Waals surface area contributed by atoms with Gasteiger partial charge in [0.25, 0.3) is 0 Å². The van der Waals surface area contributed by atoms with Gasteiger partial charge in [-0.05, 0) is 44.2 Å². The zero-order valence-electron chi connectivity index (χ0n) is 15.6. The number of aryl methyl sites for hydroxylation is 1. The lowest BCUT2D eigenvalue weighted by atomic mass is 9.91. The van der Waals surface area contributed by atoms with Gasteiger partial charge >= 0.3 is 0 Å². The molecule has 0 unspecified atom stereocenters. The molecule has 3 aromatic rings. The first kappa shape index (κ1) is 16.5. The lowest BCUT2D eigenvalue weighted by molar-refractivity contribution is 0.363. The second kappa shape index (κ2) is 6.20. The van der Waals surface area contributed by atoms with Crippen molar-refractivity contribution in [2.45, 2.75) is 38.1 Å². The van der Waals surface area contributed by atoms with Crippen LogP contribution in [-0.4, -0.2) is 45.3 Å². The van der Waals surface area contributed by atoms with Gasteiger partial charge in [-0.1, -0.05) is 18.2 Å². The maximum atomic E-state index is 6.25. The number of para-hydroxylation sites is 1. The van der Waals surface area contributed by atoms with Crippen molar-refractivity contribution >= 4 is 28.5 Å². The largest absolute Gasteiger partial charge is 0.355 e. The summed E-state index contributed by atoms with van der Waals surface area (Å²) < 4.78 is 0. The lowest BCUT2D eigenvalue weighted by Gasteiger charge is -2.37. The number of piperidine rings is 1. The molecule has 0 atom stereocenters. The highest BCUT2D eigenvalue weighted by Crippen LogP contribution is 2.35. The van der Waals surface area contributed by atoms with Gasteiger partial charge in [0, 0.05) is 30.9 Å². The minimum absolute atomic E-state index is 0.0726. The van der Waals surface area contributed by atoms with Crippen molar-refractivity contribution in [3.8, 4) is 0 Å². The Kier molecular flexibility index (Phi) is 3.79. The van der Waals surface area contributed by atoms with Crippen LogP contribution in [0.15, 0.2) is 30.5 Å². The molecule has 0 aliphatic carbocycles. The van der Waals surface area contributed by atoms with Crippen LogP contribution in [0, 0.1) is 0 Å². The Morgan fingerprint density at radius 2 is 1.96 bits per heavy atom. The first-order valence-corrected chi connectivity index (χ1v) is 9.71. The van der Waals surface area contributed by atoms with E-state index in [0.717, 1.165) is 68.1 Å². The monoisotopic (exact) mass is 363 g/mol. The molecule has 0 radical (unpaired) electrons. The summed E-state index contributed by atoms with van der Waals surface area (Å²) in [6.45, 7) is 4.89. The molecule has 2 aliphatic heterocycles. The Hall–Kier alpha value is -2.67. The number of aromatic nitrogens is 4. The van der Waals surface area contributed by atoms with Crippen molar-refractivity contribution in [2.75, 3.05) is 29.4 Å². The topological polar surface area (TPSA) is 87.0 Å². The number of nitrogens with zero attached hydrogens (tertiary/aromatic N) is 5. The zero-order chi connectivity index (χ0) is 18.4. The molecule has 5 rings (SSSR count). The number of benzene rings is 1. The van der Waals surface area contributed by atoms with E-state index >= 15 is 0 Å². The molecule has 27 heavy (non-hydrogen) atoms. The van der Waals surface area contributed by atoms with Crippen LogP contribution in [0.1, 0.15) is 31.7 Å². The summed E-state index contributed by atoms with van der Waals surface area (Å²) in [4.78, 5) is 14.0. The molecule has 1 aromatic carbocycles. The number of nitrogens with two attached hydrogens (primary N) is 1. The van der Waals surface area contributed by atoms with Crippen molar-refractivity contribution in [1.82, 2.24) is 20.2 Å². The quantitative estimate of drug-likeness (QED) is 0.728. The maximum Gasteiger partial charge on any atom is 0.183 e. The highest BCUT2D eigenvalue weighted by Gasteiger charge is 2.27. The van der Waals surface area contributed by atoms with E-state index < -0.39 is 0 Å². The average Bonchev–Trinajstić information content (AvgIpc) is 3.10. The summed E-state index contributed by atoms with van der Waals surface area (Å²) >= 11 is 0. The number of nitrogens with one attached hydrogen (secondary N) is 1. The van der Waals surface area contributed by atoms with Crippen LogP contribution in [-0.2, 0) is 6.42 Å². The third-order valence-corrected chi connectivity index (χ3v) is 5.83. The second-order valence-electron chi connectivity index (χ2n) is 8.00. The molecule has 0 amide bonds. The van der Waals surface area contributed by atoms with E-state index in [0.29, 0.717) is 0 Å². The van der Waals surface area contributed by atoms with Gasteiger partial charge in [0.1, 0.15) is 5.82 Å². The first-order valence-electron chi connectivity index (χ1n) is 9.71. The first-order chi connectivity index (χ1) is 13.1. The predicted octanol–water partition coefficient (Wildman–Crippen LogP) is 2.75. The van der Waals surface area contributed by atoms with Gasteiger partial charge in [0.05, 0.1) is 6.20 Å². The molecule has 3 N–H and O–H groups in total. The molecular weight excluding hydrogens is 338 g/mol. The van der Waals surface area contributed by atoms with Crippen molar-refractivity contribution in [3.63, 3.8) is 0 Å². The number of fused-ring (bicyclic) bond motifs is 2. The minimum Gasteiger partial charge on any atom is -0.355 e. The fourth-order valence-electron chi connectivity index (χ4n) is 4.12. The van der Waals surface area contributed by atoms with Gasteiger partial charge in [0.15, 0.2) is 17.0 Å². The van der Waals surface area contributed by atoms with Crippen molar-refractivity contribution in [1.29, 1.82) is 0 Å². The van der Waals surface area contributed by atoms with Gasteiger partial charge in [-0.2, -0.15) is 5.10 Å².